The van der Waals surface area contributed by atoms with E-state index >= 15 is 0 Å². The first-order chi connectivity index (χ1) is 12.6. The Balaban J connectivity index is 1.87. The summed E-state index contributed by atoms with van der Waals surface area (Å²) in [4.78, 5) is 9.19. The lowest BCUT2D eigenvalue weighted by Gasteiger charge is -2.34. The van der Waals surface area contributed by atoms with Crippen molar-refractivity contribution < 1.29 is 9.50 Å². The molecular weight excluding hydrogens is 331 g/mol. The highest BCUT2D eigenvalue weighted by Crippen LogP contribution is 2.28. The molecule has 0 saturated carbocycles. The summed E-state index contributed by atoms with van der Waals surface area (Å²) in [6.07, 6.45) is 2.09. The normalized spacial score (nSPS) is 18.0. The van der Waals surface area contributed by atoms with Crippen LogP contribution in [0, 0.1) is 11.7 Å². The first-order valence-electron chi connectivity index (χ1n) is 9.37. The number of likely N-dealkylation sites (N-methyl/N-ethyl adjacent to an activating group) is 1. The van der Waals surface area contributed by atoms with Gasteiger partial charge in [0.2, 0.25) is 0 Å². The number of nitrogens with one attached hydrogen (secondary N) is 1. The molecule has 0 bridgehead atoms. The second-order valence-corrected chi connectivity index (χ2v) is 7.43. The highest BCUT2D eigenvalue weighted by molar-refractivity contribution is 5.82. The molecule has 1 aromatic carbocycles. The topological polar surface area (TPSA) is 51.6 Å². The molecule has 1 fully saturated rings. The third-order valence-electron chi connectivity index (χ3n) is 4.96. The summed E-state index contributed by atoms with van der Waals surface area (Å²) in [7, 11) is 4.12. The van der Waals surface area contributed by atoms with Crippen LogP contribution in [0.4, 0.5) is 10.2 Å². The van der Waals surface area contributed by atoms with Gasteiger partial charge >= 0.3 is 0 Å². The van der Waals surface area contributed by atoms with Crippen molar-refractivity contribution in [1.29, 1.82) is 0 Å². The van der Waals surface area contributed by atoms with Gasteiger partial charge in [0.25, 0.3) is 0 Å². The van der Waals surface area contributed by atoms with E-state index in [1.165, 1.54) is 12.1 Å². The fourth-order valence-electron chi connectivity index (χ4n) is 3.51. The molecule has 142 valence electrons. The van der Waals surface area contributed by atoms with E-state index in [1.54, 1.807) is 6.07 Å². The summed E-state index contributed by atoms with van der Waals surface area (Å²) >= 11 is 0. The quantitative estimate of drug-likeness (QED) is 0.742. The van der Waals surface area contributed by atoms with E-state index in [0.717, 1.165) is 62.3 Å². The van der Waals surface area contributed by atoms with Crippen LogP contribution in [0.2, 0.25) is 0 Å². The predicted molar refractivity (Wildman–Crippen MR) is 104 cm³/mol. The summed E-state index contributed by atoms with van der Waals surface area (Å²) in [5.41, 5.74) is 1.81. The molecule has 26 heavy (non-hydrogen) atoms. The molecule has 1 unspecified atom stereocenters. The monoisotopic (exact) mass is 360 g/mol. The largest absolute Gasteiger partial charge is 0.396 e. The molecule has 1 atom stereocenters. The Morgan fingerprint density at radius 3 is 2.96 bits per heavy atom. The van der Waals surface area contributed by atoms with Crippen LogP contribution in [0.1, 0.15) is 18.4 Å². The molecule has 1 aromatic heterocycles. The van der Waals surface area contributed by atoms with Gasteiger partial charge in [-0.15, -0.1) is 0 Å². The maximum absolute atomic E-state index is 13.6. The summed E-state index contributed by atoms with van der Waals surface area (Å²) in [5.74, 6) is 0.932. The van der Waals surface area contributed by atoms with Gasteiger partial charge in [0.1, 0.15) is 11.6 Å². The van der Waals surface area contributed by atoms with Crippen molar-refractivity contribution in [3.05, 3.63) is 35.6 Å². The van der Waals surface area contributed by atoms with Crippen molar-refractivity contribution in [2.24, 2.45) is 5.92 Å². The number of rotatable bonds is 7. The first-order valence-corrected chi connectivity index (χ1v) is 9.37. The van der Waals surface area contributed by atoms with Gasteiger partial charge in [-0.05, 0) is 51.1 Å². The number of hydrogen-bond donors (Lipinski definition) is 2. The average molecular weight is 360 g/mol. The van der Waals surface area contributed by atoms with Gasteiger partial charge in [0.15, 0.2) is 0 Å². The number of benzene rings is 1. The second-order valence-electron chi connectivity index (χ2n) is 7.43. The molecule has 2 aromatic rings. The Labute approximate surface area is 154 Å². The molecule has 0 spiro atoms. The van der Waals surface area contributed by atoms with Gasteiger partial charge in [-0.3, -0.25) is 0 Å². The molecule has 3 rings (SSSR count). The van der Waals surface area contributed by atoms with Crippen LogP contribution in [0.5, 0.6) is 0 Å². The highest BCUT2D eigenvalue weighted by atomic mass is 19.1. The number of aromatic nitrogens is 1. The number of aliphatic hydroxyl groups is 1. The third-order valence-corrected chi connectivity index (χ3v) is 4.96. The molecule has 5 nitrogen and oxygen atoms in total. The summed E-state index contributed by atoms with van der Waals surface area (Å²) in [6, 6.07) is 6.88. The zero-order chi connectivity index (χ0) is 18.5. The number of anilines is 1. The molecule has 0 amide bonds. The smallest absolute Gasteiger partial charge is 0.133 e. The minimum atomic E-state index is -0.264. The van der Waals surface area contributed by atoms with Gasteiger partial charge in [-0.2, -0.15) is 0 Å². The number of hydrogen-bond acceptors (Lipinski definition) is 5. The van der Waals surface area contributed by atoms with E-state index in [1.807, 2.05) is 0 Å². The first kappa shape index (κ1) is 19.0. The summed E-state index contributed by atoms with van der Waals surface area (Å²) in [6.45, 7) is 4.52. The van der Waals surface area contributed by atoms with Gasteiger partial charge in [-0.1, -0.05) is 0 Å². The number of fused-ring (bicyclic) bond motifs is 1. The molecule has 2 N–H and O–H groups in total. The Kier molecular flexibility index (Phi) is 6.40. The zero-order valence-electron chi connectivity index (χ0n) is 15.7. The van der Waals surface area contributed by atoms with E-state index < -0.39 is 0 Å². The van der Waals surface area contributed by atoms with Crippen LogP contribution in [0.15, 0.2) is 24.3 Å². The molecular formula is C20H29FN4O. The van der Waals surface area contributed by atoms with Gasteiger partial charge in [0.05, 0.1) is 5.52 Å². The average Bonchev–Trinajstić information content (AvgIpc) is 2.64. The molecule has 1 saturated heterocycles. The van der Waals surface area contributed by atoms with Crippen molar-refractivity contribution >= 4 is 16.7 Å². The van der Waals surface area contributed by atoms with Crippen LogP contribution in [0.3, 0.4) is 0 Å². The number of aliphatic hydroxyl groups excluding tert-OH is 1. The van der Waals surface area contributed by atoms with Gasteiger partial charge in [-0.25, -0.2) is 9.37 Å². The summed E-state index contributed by atoms with van der Waals surface area (Å²) < 4.78 is 13.6. The Morgan fingerprint density at radius 2 is 2.19 bits per heavy atom. The zero-order valence-corrected chi connectivity index (χ0v) is 15.7. The van der Waals surface area contributed by atoms with Crippen LogP contribution in [-0.4, -0.2) is 61.9 Å². The van der Waals surface area contributed by atoms with Crippen LogP contribution < -0.4 is 10.2 Å². The molecule has 0 aliphatic carbocycles. The molecule has 6 heteroatoms. The minimum absolute atomic E-state index is 0.203. The predicted octanol–water partition coefficient (Wildman–Crippen LogP) is 2.23. The van der Waals surface area contributed by atoms with E-state index in [-0.39, 0.29) is 18.3 Å². The minimum Gasteiger partial charge on any atom is -0.396 e. The Bertz CT molecular complexity index is 737. The summed E-state index contributed by atoms with van der Waals surface area (Å²) in [5, 5.41) is 14.0. The SMILES string of the molecule is CN(C)CCNCc1cc2ccc(F)cc2nc1N1CCCC(CO)C1. The van der Waals surface area contributed by atoms with Crippen LogP contribution in [-0.2, 0) is 6.54 Å². The maximum atomic E-state index is 13.6. The highest BCUT2D eigenvalue weighted by Gasteiger charge is 2.22. The number of halogens is 1. The number of piperidine rings is 1. The van der Waals surface area contributed by atoms with Crippen molar-refractivity contribution in [3.63, 3.8) is 0 Å². The van der Waals surface area contributed by atoms with E-state index in [0.29, 0.717) is 5.52 Å². The lowest BCUT2D eigenvalue weighted by molar-refractivity contribution is 0.208. The molecule has 1 aliphatic rings. The molecule has 2 heterocycles. The van der Waals surface area contributed by atoms with Crippen molar-refractivity contribution in [2.75, 3.05) is 51.8 Å². The number of nitrogens with zero attached hydrogens (tertiary/aromatic N) is 3. The fourth-order valence-corrected chi connectivity index (χ4v) is 3.51. The fraction of sp³-hybridized carbons (Fsp3) is 0.550. The Hall–Kier alpha value is -1.76. The standard InChI is InChI=1S/C20H29FN4O/c1-24(2)9-7-22-12-17-10-16-5-6-18(21)11-19(16)23-20(17)25-8-3-4-15(13-25)14-26/h5-6,10-11,15,22,26H,3-4,7-9,12-14H2,1-2H3. The van der Waals surface area contributed by atoms with Gasteiger partial charge < -0.3 is 20.2 Å². The van der Waals surface area contributed by atoms with Gasteiger partial charge in [0, 0.05) is 56.3 Å². The van der Waals surface area contributed by atoms with Crippen LogP contribution >= 0.6 is 0 Å². The number of pyridine rings is 1. The van der Waals surface area contributed by atoms with Crippen molar-refractivity contribution in [1.82, 2.24) is 15.2 Å². The van der Waals surface area contributed by atoms with E-state index in [2.05, 4.69) is 35.3 Å². The van der Waals surface area contributed by atoms with Crippen molar-refractivity contribution in [3.8, 4) is 0 Å². The van der Waals surface area contributed by atoms with E-state index in [4.69, 9.17) is 4.98 Å². The van der Waals surface area contributed by atoms with Crippen molar-refractivity contribution in [2.45, 2.75) is 19.4 Å². The maximum Gasteiger partial charge on any atom is 0.133 e. The van der Waals surface area contributed by atoms with Crippen LogP contribution in [0.25, 0.3) is 10.9 Å². The van der Waals surface area contributed by atoms with E-state index in [9.17, 15) is 9.50 Å². The lowest BCUT2D eigenvalue weighted by Crippen LogP contribution is -2.38. The molecule has 1 aliphatic heterocycles. The molecule has 0 radical (unpaired) electrons. The second kappa shape index (κ2) is 8.75. The lowest BCUT2D eigenvalue weighted by atomic mass is 9.98. The Morgan fingerprint density at radius 1 is 1.35 bits per heavy atom. The third kappa shape index (κ3) is 4.69.